The van der Waals surface area contributed by atoms with Gasteiger partial charge in [0.05, 0.1) is 16.3 Å². The van der Waals surface area contributed by atoms with E-state index in [9.17, 15) is 17.6 Å². The fourth-order valence-corrected chi connectivity index (χ4v) is 7.16. The summed E-state index contributed by atoms with van der Waals surface area (Å²) in [4.78, 5) is 19.2. The molecule has 1 aliphatic carbocycles. The molecule has 7 nitrogen and oxygen atoms in total. The summed E-state index contributed by atoms with van der Waals surface area (Å²) in [5.74, 6) is -0.325. The van der Waals surface area contributed by atoms with Crippen molar-refractivity contribution in [1.29, 1.82) is 0 Å². The number of carbonyl (C=O) groups excluding carboxylic acids is 1. The molecule has 2 heterocycles. The maximum atomic E-state index is 13.5. The van der Waals surface area contributed by atoms with Crippen LogP contribution in [0.2, 0.25) is 0 Å². The topological polar surface area (TPSA) is 75.5 Å². The van der Waals surface area contributed by atoms with Gasteiger partial charge in [-0.3, -0.25) is 4.79 Å². The van der Waals surface area contributed by atoms with Crippen LogP contribution in [0, 0.1) is 19.7 Å². The van der Waals surface area contributed by atoms with Crippen molar-refractivity contribution < 1.29 is 17.6 Å². The molecule has 0 unspecified atom stereocenters. The zero-order valence-corrected chi connectivity index (χ0v) is 20.8. The molecule has 1 amide bonds. The van der Waals surface area contributed by atoms with Crippen molar-refractivity contribution in [1.82, 2.24) is 18.8 Å². The van der Waals surface area contributed by atoms with Crippen molar-refractivity contribution in [3.63, 3.8) is 0 Å². The number of nitrogens with zero attached hydrogens (tertiary/aromatic N) is 4. The summed E-state index contributed by atoms with van der Waals surface area (Å²) in [6.45, 7) is 5.15. The Morgan fingerprint density at radius 1 is 1.12 bits per heavy atom. The fraction of sp³-hybridized carbons (Fsp3) is 0.565. The monoisotopic (exact) mass is 494 g/mol. The van der Waals surface area contributed by atoms with E-state index in [4.69, 9.17) is 4.98 Å². The lowest BCUT2D eigenvalue weighted by atomic mass is 9.95. The predicted octanol–water partition coefficient (Wildman–Crippen LogP) is 3.77. The van der Waals surface area contributed by atoms with Crippen molar-refractivity contribution in [2.75, 3.05) is 31.9 Å². The van der Waals surface area contributed by atoms with Crippen LogP contribution >= 0.6 is 11.8 Å². The molecule has 2 aromatic rings. The Hall–Kier alpha value is -1.91. The van der Waals surface area contributed by atoms with E-state index < -0.39 is 15.8 Å². The summed E-state index contributed by atoms with van der Waals surface area (Å²) < 4.78 is 42.7. The van der Waals surface area contributed by atoms with Crippen molar-refractivity contribution in [2.24, 2.45) is 0 Å². The molecule has 1 aromatic heterocycles. The summed E-state index contributed by atoms with van der Waals surface area (Å²) in [6.07, 6.45) is 6.05. The summed E-state index contributed by atoms with van der Waals surface area (Å²) >= 11 is 1.47. The van der Waals surface area contributed by atoms with Crippen molar-refractivity contribution in [3.05, 3.63) is 41.5 Å². The highest BCUT2D eigenvalue weighted by atomic mass is 32.2. The molecule has 1 aliphatic heterocycles. The average Bonchev–Trinajstić information content (AvgIpc) is 3.11. The molecule has 33 heavy (non-hydrogen) atoms. The number of halogens is 1. The highest BCUT2D eigenvalue weighted by Crippen LogP contribution is 2.34. The Bertz CT molecular complexity index is 1100. The van der Waals surface area contributed by atoms with Crippen LogP contribution in [0.15, 0.2) is 34.3 Å². The van der Waals surface area contributed by atoms with Gasteiger partial charge in [-0.15, -0.1) is 0 Å². The van der Waals surface area contributed by atoms with E-state index in [1.54, 1.807) is 4.90 Å². The smallest absolute Gasteiger partial charge is 0.243 e. The first kappa shape index (κ1) is 24.2. The molecule has 2 fully saturated rings. The Kier molecular flexibility index (Phi) is 7.45. The molecule has 1 aromatic carbocycles. The van der Waals surface area contributed by atoms with E-state index in [1.807, 2.05) is 6.92 Å². The van der Waals surface area contributed by atoms with Crippen LogP contribution in [0.3, 0.4) is 0 Å². The van der Waals surface area contributed by atoms with E-state index in [1.165, 1.54) is 59.2 Å². The van der Waals surface area contributed by atoms with Gasteiger partial charge in [0.25, 0.3) is 0 Å². The Balaban J connectivity index is 1.35. The second-order valence-electron chi connectivity index (χ2n) is 8.76. The molecule has 10 heteroatoms. The number of carbonyl (C=O) groups is 1. The molecule has 0 bridgehead atoms. The second kappa shape index (κ2) is 10.1. The second-order valence-corrected chi connectivity index (χ2v) is 11.6. The summed E-state index contributed by atoms with van der Waals surface area (Å²) in [5.41, 5.74) is 2.18. The third-order valence-electron chi connectivity index (χ3n) is 6.64. The van der Waals surface area contributed by atoms with Crippen LogP contribution < -0.4 is 0 Å². The van der Waals surface area contributed by atoms with E-state index in [-0.39, 0.29) is 29.6 Å². The maximum Gasteiger partial charge on any atom is 0.243 e. The van der Waals surface area contributed by atoms with E-state index in [0.717, 1.165) is 29.8 Å². The van der Waals surface area contributed by atoms with E-state index in [2.05, 4.69) is 11.5 Å². The standard InChI is InChI=1S/C23H31FN4O3S2/c1-17-18(2)28(20-8-4-3-5-9-20)23(25-17)32-16-22(29)26-11-13-27(14-12-26)33(30,31)21-10-6-7-19(24)15-21/h6-7,10,15,20H,3-5,8-9,11-14,16H2,1-2H3. The molecule has 1 saturated carbocycles. The van der Waals surface area contributed by atoms with Gasteiger partial charge in [0.15, 0.2) is 5.16 Å². The van der Waals surface area contributed by atoms with Gasteiger partial charge in [0, 0.05) is 37.9 Å². The Morgan fingerprint density at radius 2 is 1.82 bits per heavy atom. The Morgan fingerprint density at radius 3 is 2.48 bits per heavy atom. The minimum atomic E-state index is -3.77. The number of thioether (sulfide) groups is 1. The van der Waals surface area contributed by atoms with Crippen LogP contribution in [-0.2, 0) is 14.8 Å². The highest BCUT2D eigenvalue weighted by molar-refractivity contribution is 7.99. The summed E-state index contributed by atoms with van der Waals surface area (Å²) in [6, 6.07) is 5.48. The lowest BCUT2D eigenvalue weighted by Crippen LogP contribution is -2.51. The maximum absolute atomic E-state index is 13.5. The van der Waals surface area contributed by atoms with Crippen LogP contribution in [0.1, 0.15) is 49.5 Å². The third-order valence-corrected chi connectivity index (χ3v) is 9.48. The minimum Gasteiger partial charge on any atom is -0.339 e. The summed E-state index contributed by atoms with van der Waals surface area (Å²) in [5, 5.41) is 0.901. The van der Waals surface area contributed by atoms with Crippen molar-refractivity contribution in [3.8, 4) is 0 Å². The first-order chi connectivity index (χ1) is 15.8. The number of aromatic nitrogens is 2. The van der Waals surface area contributed by atoms with Gasteiger partial charge >= 0.3 is 0 Å². The number of benzene rings is 1. The largest absolute Gasteiger partial charge is 0.339 e. The van der Waals surface area contributed by atoms with Crippen LogP contribution in [0.4, 0.5) is 4.39 Å². The van der Waals surface area contributed by atoms with E-state index in [0.29, 0.717) is 19.1 Å². The van der Waals surface area contributed by atoms with Gasteiger partial charge in [-0.25, -0.2) is 17.8 Å². The summed E-state index contributed by atoms with van der Waals surface area (Å²) in [7, 11) is -3.77. The van der Waals surface area contributed by atoms with Crippen molar-refractivity contribution >= 4 is 27.7 Å². The van der Waals surface area contributed by atoms with Gasteiger partial charge < -0.3 is 9.47 Å². The van der Waals surface area contributed by atoms with Gasteiger partial charge in [-0.05, 0) is 44.9 Å². The number of imidazole rings is 1. The fourth-order valence-electron chi connectivity index (χ4n) is 4.64. The number of amides is 1. The first-order valence-electron chi connectivity index (χ1n) is 11.5. The zero-order valence-electron chi connectivity index (χ0n) is 19.2. The number of hydrogen-bond donors (Lipinski definition) is 0. The number of piperazine rings is 1. The minimum absolute atomic E-state index is 0.0173. The average molecular weight is 495 g/mol. The van der Waals surface area contributed by atoms with Crippen LogP contribution in [0.5, 0.6) is 0 Å². The Labute approximate surface area is 199 Å². The third kappa shape index (κ3) is 5.27. The van der Waals surface area contributed by atoms with Gasteiger partial charge in [0.1, 0.15) is 5.82 Å². The molecule has 0 atom stereocenters. The first-order valence-corrected chi connectivity index (χ1v) is 13.9. The van der Waals surface area contributed by atoms with Gasteiger partial charge in [-0.1, -0.05) is 37.1 Å². The van der Waals surface area contributed by atoms with Gasteiger partial charge in [0.2, 0.25) is 15.9 Å². The molecule has 180 valence electrons. The molecule has 0 spiro atoms. The lowest BCUT2D eigenvalue weighted by molar-refractivity contribution is -0.129. The molecule has 2 aliphatic rings. The predicted molar refractivity (Wildman–Crippen MR) is 126 cm³/mol. The van der Waals surface area contributed by atoms with Crippen LogP contribution in [-0.4, -0.2) is 65.0 Å². The number of sulfonamides is 1. The van der Waals surface area contributed by atoms with Crippen molar-refractivity contribution in [2.45, 2.75) is 62.0 Å². The number of rotatable bonds is 6. The molecule has 1 saturated heterocycles. The van der Waals surface area contributed by atoms with Gasteiger partial charge in [-0.2, -0.15) is 4.31 Å². The molecule has 0 radical (unpaired) electrons. The lowest BCUT2D eigenvalue weighted by Gasteiger charge is -2.34. The molecule has 4 rings (SSSR count). The van der Waals surface area contributed by atoms with Crippen LogP contribution in [0.25, 0.3) is 0 Å². The normalized spacial score (nSPS) is 18.6. The number of aryl methyl sites for hydroxylation is 1. The van der Waals surface area contributed by atoms with E-state index >= 15 is 0 Å². The molecule has 0 N–H and O–H groups in total. The molecular weight excluding hydrogens is 463 g/mol. The quantitative estimate of drug-likeness (QED) is 0.572. The zero-order chi connectivity index (χ0) is 23.6. The SMILES string of the molecule is Cc1nc(SCC(=O)N2CCN(S(=O)(=O)c3cccc(F)c3)CC2)n(C2CCCCC2)c1C. The highest BCUT2D eigenvalue weighted by Gasteiger charge is 2.31. The number of hydrogen-bond acceptors (Lipinski definition) is 5. The molecular formula is C23H31FN4O3S2.